The van der Waals surface area contributed by atoms with Crippen LogP contribution in [0.5, 0.6) is 0 Å². The Hall–Kier alpha value is -2.72. The van der Waals surface area contributed by atoms with E-state index in [0.717, 1.165) is 38.9 Å². The number of imidazole rings is 1. The molecule has 0 saturated carbocycles. The van der Waals surface area contributed by atoms with Crippen LogP contribution in [0.4, 0.5) is 0 Å². The van der Waals surface area contributed by atoms with Crippen LogP contribution in [0.25, 0.3) is 33.3 Å². The van der Waals surface area contributed by atoms with Crippen molar-refractivity contribution in [1.82, 2.24) is 15.0 Å². The summed E-state index contributed by atoms with van der Waals surface area (Å²) < 4.78 is 0. The zero-order chi connectivity index (χ0) is 14.2. The summed E-state index contributed by atoms with van der Waals surface area (Å²) in [6.07, 6.45) is 1.80. The van der Waals surface area contributed by atoms with Crippen molar-refractivity contribution in [2.45, 2.75) is 6.54 Å². The van der Waals surface area contributed by atoms with Crippen molar-refractivity contribution in [3.05, 3.63) is 60.3 Å². The molecule has 0 saturated heterocycles. The zero-order valence-electron chi connectivity index (χ0n) is 11.4. The van der Waals surface area contributed by atoms with Gasteiger partial charge in [-0.3, -0.25) is 4.98 Å². The first-order chi connectivity index (χ1) is 10.3. The van der Waals surface area contributed by atoms with Gasteiger partial charge in [0.15, 0.2) is 0 Å². The Kier molecular flexibility index (Phi) is 2.69. The summed E-state index contributed by atoms with van der Waals surface area (Å²) in [5, 5.41) is 1.11. The van der Waals surface area contributed by atoms with Crippen LogP contribution in [0, 0.1) is 0 Å². The fourth-order valence-electron chi connectivity index (χ4n) is 2.54. The molecule has 4 rings (SSSR count). The maximum atomic E-state index is 5.68. The number of hydrogen-bond donors (Lipinski definition) is 2. The molecule has 2 aromatic carbocycles. The highest BCUT2D eigenvalue weighted by Gasteiger charge is 2.06. The average Bonchev–Trinajstić information content (AvgIpc) is 2.97. The van der Waals surface area contributed by atoms with Gasteiger partial charge in [-0.25, -0.2) is 4.98 Å². The number of aromatic amines is 1. The molecule has 0 aliphatic heterocycles. The number of fused-ring (bicyclic) bond motifs is 2. The fourth-order valence-corrected chi connectivity index (χ4v) is 2.54. The van der Waals surface area contributed by atoms with Gasteiger partial charge in [-0.2, -0.15) is 0 Å². The normalized spacial score (nSPS) is 11.3. The Morgan fingerprint density at radius 3 is 2.81 bits per heavy atom. The number of hydrogen-bond acceptors (Lipinski definition) is 3. The Labute approximate surface area is 121 Å². The molecule has 0 unspecified atom stereocenters. The van der Waals surface area contributed by atoms with Crippen LogP contribution in [0.15, 0.2) is 54.7 Å². The summed E-state index contributed by atoms with van der Waals surface area (Å²) in [5.41, 5.74) is 10.8. The molecular formula is C17H14N4. The number of rotatable bonds is 2. The summed E-state index contributed by atoms with van der Waals surface area (Å²) in [5.74, 6) is 0.866. The molecule has 0 aliphatic rings. The van der Waals surface area contributed by atoms with Gasteiger partial charge in [0.05, 0.1) is 16.6 Å². The van der Waals surface area contributed by atoms with Gasteiger partial charge < -0.3 is 10.7 Å². The van der Waals surface area contributed by atoms with Gasteiger partial charge >= 0.3 is 0 Å². The zero-order valence-corrected chi connectivity index (χ0v) is 11.4. The molecule has 0 fully saturated rings. The van der Waals surface area contributed by atoms with E-state index < -0.39 is 0 Å². The lowest BCUT2D eigenvalue weighted by Crippen LogP contribution is -1.95. The topological polar surface area (TPSA) is 67.6 Å². The molecule has 21 heavy (non-hydrogen) atoms. The third-order valence-corrected chi connectivity index (χ3v) is 3.66. The Morgan fingerprint density at radius 2 is 1.90 bits per heavy atom. The lowest BCUT2D eigenvalue weighted by Gasteiger charge is -1.99. The standard InChI is InChI=1S/C17H14N4/c18-10-11-3-5-15-16(8-11)21-17(20-15)13-4-6-14-12(9-13)2-1-7-19-14/h1-9H,10,18H2,(H,20,21). The number of nitrogens with zero attached hydrogens (tertiary/aromatic N) is 2. The summed E-state index contributed by atoms with van der Waals surface area (Å²) in [7, 11) is 0. The molecule has 2 heterocycles. The molecule has 3 N–H and O–H groups in total. The molecule has 4 nitrogen and oxygen atoms in total. The van der Waals surface area contributed by atoms with Gasteiger partial charge in [-0.05, 0) is 42.0 Å². The van der Waals surface area contributed by atoms with E-state index in [-0.39, 0.29) is 0 Å². The van der Waals surface area contributed by atoms with Gasteiger partial charge in [0.25, 0.3) is 0 Å². The van der Waals surface area contributed by atoms with Crippen molar-refractivity contribution >= 4 is 21.9 Å². The maximum absolute atomic E-state index is 5.68. The largest absolute Gasteiger partial charge is 0.338 e. The third-order valence-electron chi connectivity index (χ3n) is 3.66. The van der Waals surface area contributed by atoms with Gasteiger partial charge in [-0.1, -0.05) is 12.1 Å². The van der Waals surface area contributed by atoms with E-state index in [1.807, 2.05) is 30.3 Å². The van der Waals surface area contributed by atoms with Crippen molar-refractivity contribution in [3.63, 3.8) is 0 Å². The van der Waals surface area contributed by atoms with E-state index in [4.69, 9.17) is 5.73 Å². The lowest BCUT2D eigenvalue weighted by atomic mass is 10.1. The molecule has 0 radical (unpaired) electrons. The first-order valence-corrected chi connectivity index (χ1v) is 6.87. The average molecular weight is 274 g/mol. The molecule has 0 amide bonds. The van der Waals surface area contributed by atoms with E-state index in [0.29, 0.717) is 6.54 Å². The number of H-pyrrole nitrogens is 1. The number of benzene rings is 2. The number of nitrogens with one attached hydrogen (secondary N) is 1. The molecule has 0 atom stereocenters. The highest BCUT2D eigenvalue weighted by molar-refractivity contribution is 5.85. The summed E-state index contributed by atoms with van der Waals surface area (Å²) >= 11 is 0. The first-order valence-electron chi connectivity index (χ1n) is 6.87. The van der Waals surface area contributed by atoms with Crippen LogP contribution in [0.2, 0.25) is 0 Å². The van der Waals surface area contributed by atoms with Crippen molar-refractivity contribution in [3.8, 4) is 11.4 Å². The highest BCUT2D eigenvalue weighted by atomic mass is 14.9. The van der Waals surface area contributed by atoms with E-state index in [2.05, 4.69) is 33.2 Å². The minimum atomic E-state index is 0.534. The molecule has 0 bridgehead atoms. The molecule has 0 aliphatic carbocycles. The third kappa shape index (κ3) is 2.06. The minimum absolute atomic E-state index is 0.534. The smallest absolute Gasteiger partial charge is 0.138 e. The maximum Gasteiger partial charge on any atom is 0.138 e. The fraction of sp³-hybridized carbons (Fsp3) is 0.0588. The van der Waals surface area contributed by atoms with E-state index in [1.165, 1.54) is 0 Å². The van der Waals surface area contributed by atoms with Crippen LogP contribution in [0.3, 0.4) is 0 Å². The van der Waals surface area contributed by atoms with Gasteiger partial charge in [0.2, 0.25) is 0 Å². The number of nitrogens with two attached hydrogens (primary N) is 1. The van der Waals surface area contributed by atoms with Crippen LogP contribution in [0.1, 0.15) is 5.56 Å². The molecule has 0 spiro atoms. The van der Waals surface area contributed by atoms with Crippen LogP contribution in [-0.2, 0) is 6.54 Å². The first kappa shape index (κ1) is 12.1. The van der Waals surface area contributed by atoms with Crippen molar-refractivity contribution < 1.29 is 0 Å². The summed E-state index contributed by atoms with van der Waals surface area (Å²) in [6.45, 7) is 0.534. The highest BCUT2D eigenvalue weighted by Crippen LogP contribution is 2.24. The SMILES string of the molecule is NCc1ccc2nc(-c3ccc4ncccc4c3)[nH]c2c1. The van der Waals surface area contributed by atoms with Crippen molar-refractivity contribution in [2.24, 2.45) is 5.73 Å². The molecular weight excluding hydrogens is 260 g/mol. The Balaban J connectivity index is 1.87. The number of pyridine rings is 1. The van der Waals surface area contributed by atoms with E-state index in [1.54, 1.807) is 6.20 Å². The summed E-state index contributed by atoms with van der Waals surface area (Å²) in [4.78, 5) is 12.3. The van der Waals surface area contributed by atoms with Gasteiger partial charge in [0.1, 0.15) is 5.82 Å². The second kappa shape index (κ2) is 4.68. The lowest BCUT2D eigenvalue weighted by molar-refractivity contribution is 1.07. The van der Waals surface area contributed by atoms with Crippen LogP contribution >= 0.6 is 0 Å². The molecule has 4 heteroatoms. The molecule has 2 aromatic heterocycles. The Morgan fingerprint density at radius 1 is 1.00 bits per heavy atom. The van der Waals surface area contributed by atoms with Crippen LogP contribution < -0.4 is 5.73 Å². The second-order valence-electron chi connectivity index (χ2n) is 5.05. The summed E-state index contributed by atoms with van der Waals surface area (Å²) in [6, 6.07) is 16.2. The van der Waals surface area contributed by atoms with Gasteiger partial charge in [0, 0.05) is 23.7 Å². The van der Waals surface area contributed by atoms with Crippen LogP contribution in [-0.4, -0.2) is 15.0 Å². The van der Waals surface area contributed by atoms with Crippen molar-refractivity contribution in [1.29, 1.82) is 0 Å². The molecule has 4 aromatic rings. The van der Waals surface area contributed by atoms with Gasteiger partial charge in [-0.15, -0.1) is 0 Å². The predicted octanol–water partition coefficient (Wildman–Crippen LogP) is 3.24. The van der Waals surface area contributed by atoms with E-state index >= 15 is 0 Å². The molecule has 102 valence electrons. The number of aromatic nitrogens is 3. The minimum Gasteiger partial charge on any atom is -0.338 e. The second-order valence-corrected chi connectivity index (χ2v) is 5.05. The quantitative estimate of drug-likeness (QED) is 0.589. The van der Waals surface area contributed by atoms with Crippen molar-refractivity contribution in [2.75, 3.05) is 0 Å². The Bertz CT molecular complexity index is 940. The predicted molar refractivity (Wildman–Crippen MR) is 84.7 cm³/mol. The van der Waals surface area contributed by atoms with E-state index in [9.17, 15) is 0 Å². The monoisotopic (exact) mass is 274 g/mol.